The van der Waals surface area contributed by atoms with Crippen LogP contribution in [0.4, 0.5) is 9.59 Å². The molecule has 4 N–H and O–H groups in total. The van der Waals surface area contributed by atoms with E-state index in [0.29, 0.717) is 18.2 Å². The number of carbonyl (C=O) groups excluding carboxylic acids is 3. The lowest BCUT2D eigenvalue weighted by atomic mass is 10.3. The molecule has 1 aliphatic heterocycles. The third-order valence-corrected chi connectivity index (χ3v) is 3.97. The van der Waals surface area contributed by atoms with Crippen LogP contribution in [0, 0.1) is 0 Å². The van der Waals surface area contributed by atoms with Crippen LogP contribution < -0.4 is 21.3 Å². The van der Waals surface area contributed by atoms with Gasteiger partial charge in [-0.05, 0) is 6.92 Å². The maximum Gasteiger partial charge on any atom is 0.322 e. The number of imide groups is 1. The van der Waals surface area contributed by atoms with Gasteiger partial charge in [-0.3, -0.25) is 10.1 Å². The van der Waals surface area contributed by atoms with E-state index < -0.39 is 12.1 Å². The van der Waals surface area contributed by atoms with Gasteiger partial charge >= 0.3 is 12.1 Å². The van der Waals surface area contributed by atoms with Gasteiger partial charge in [-0.2, -0.15) is 0 Å². The van der Waals surface area contributed by atoms with E-state index in [1.165, 1.54) is 21.6 Å². The smallest absolute Gasteiger partial charge is 0.322 e. The van der Waals surface area contributed by atoms with E-state index in [2.05, 4.69) is 21.3 Å². The summed E-state index contributed by atoms with van der Waals surface area (Å²) in [5.74, 6) is 0.609. The van der Waals surface area contributed by atoms with Gasteiger partial charge in [-0.25, -0.2) is 9.59 Å². The van der Waals surface area contributed by atoms with Crippen LogP contribution in [-0.2, 0) is 4.79 Å². The lowest BCUT2D eigenvalue weighted by molar-refractivity contribution is -0.119. The van der Waals surface area contributed by atoms with Crippen molar-refractivity contribution in [3.63, 3.8) is 0 Å². The summed E-state index contributed by atoms with van der Waals surface area (Å²) in [5, 5.41) is 9.87. The quantitative estimate of drug-likeness (QED) is 0.234. The molecular weight excluding hydrogens is 264 g/mol. The Hall–Kier alpha value is -1.09. The number of carbonyl (C=O) groups is 3. The Kier molecular flexibility index (Phi) is 5.98. The summed E-state index contributed by atoms with van der Waals surface area (Å²) in [6.07, 6.45) is 0. The minimum absolute atomic E-state index is 0.215. The number of hydrogen-bond donors (Lipinski definition) is 4. The van der Waals surface area contributed by atoms with Crippen LogP contribution >= 0.6 is 21.6 Å². The molecule has 1 aliphatic rings. The molecule has 1 unspecified atom stereocenters. The highest BCUT2D eigenvalue weighted by Crippen LogP contribution is 2.21. The molecule has 1 saturated heterocycles. The third-order valence-electron chi connectivity index (χ3n) is 1.81. The normalized spacial score (nSPS) is 18.5. The van der Waals surface area contributed by atoms with E-state index >= 15 is 0 Å². The highest BCUT2D eigenvalue weighted by atomic mass is 33.1. The summed E-state index contributed by atoms with van der Waals surface area (Å²) in [7, 11) is 2.83. The Morgan fingerprint density at radius 1 is 1.35 bits per heavy atom. The first-order valence-corrected chi connectivity index (χ1v) is 7.49. The molecule has 0 aromatic carbocycles. The van der Waals surface area contributed by atoms with Gasteiger partial charge in [-0.1, -0.05) is 21.6 Å². The zero-order chi connectivity index (χ0) is 12.7. The van der Waals surface area contributed by atoms with Crippen LogP contribution in [0.2, 0.25) is 0 Å². The molecule has 1 atom stereocenters. The SMILES string of the molecule is CCNC(=O)NCSSCC1NC(=O)NC1=O. The van der Waals surface area contributed by atoms with Crippen molar-refractivity contribution in [1.29, 1.82) is 0 Å². The molecule has 7 nitrogen and oxygen atoms in total. The molecule has 1 heterocycles. The first-order valence-electron chi connectivity index (χ1n) is 5.01. The van der Waals surface area contributed by atoms with Crippen molar-refractivity contribution in [2.45, 2.75) is 13.0 Å². The first-order chi connectivity index (χ1) is 8.13. The standard InChI is InChI=1S/C8H14N4O3S2/c1-2-9-7(14)10-4-17-16-3-5-6(13)12-8(15)11-5/h5H,2-4H2,1H3,(H2,9,10,14)(H2,11,12,13,15). The predicted molar refractivity (Wildman–Crippen MR) is 67.6 cm³/mol. The van der Waals surface area contributed by atoms with Gasteiger partial charge in [0.1, 0.15) is 6.04 Å². The summed E-state index contributed by atoms with van der Waals surface area (Å²) in [5.41, 5.74) is 0. The van der Waals surface area contributed by atoms with Crippen molar-refractivity contribution in [2.75, 3.05) is 18.2 Å². The van der Waals surface area contributed by atoms with Crippen LogP contribution in [0.25, 0.3) is 0 Å². The summed E-state index contributed by atoms with van der Waals surface area (Å²) < 4.78 is 0. The fraction of sp³-hybridized carbons (Fsp3) is 0.625. The van der Waals surface area contributed by atoms with E-state index in [4.69, 9.17) is 0 Å². The molecule has 1 rings (SSSR count). The van der Waals surface area contributed by atoms with Gasteiger partial charge in [0.15, 0.2) is 0 Å². The van der Waals surface area contributed by atoms with E-state index in [1.807, 2.05) is 6.92 Å². The van der Waals surface area contributed by atoms with Crippen molar-refractivity contribution in [1.82, 2.24) is 21.3 Å². The van der Waals surface area contributed by atoms with Gasteiger partial charge in [0.25, 0.3) is 5.91 Å². The van der Waals surface area contributed by atoms with Gasteiger partial charge in [0.2, 0.25) is 0 Å². The number of nitrogens with one attached hydrogen (secondary N) is 4. The summed E-state index contributed by atoms with van der Waals surface area (Å²) in [6.45, 7) is 2.42. The maximum absolute atomic E-state index is 11.1. The molecule has 0 aromatic rings. The highest BCUT2D eigenvalue weighted by molar-refractivity contribution is 8.76. The summed E-state index contributed by atoms with van der Waals surface area (Å²) in [4.78, 5) is 32.9. The highest BCUT2D eigenvalue weighted by Gasteiger charge is 2.28. The molecule has 17 heavy (non-hydrogen) atoms. The van der Waals surface area contributed by atoms with E-state index in [1.54, 1.807) is 0 Å². The molecule has 0 aromatic heterocycles. The molecule has 9 heteroatoms. The monoisotopic (exact) mass is 278 g/mol. The minimum atomic E-state index is -0.482. The minimum Gasteiger partial charge on any atom is -0.338 e. The number of amides is 5. The van der Waals surface area contributed by atoms with Gasteiger partial charge in [0.05, 0.1) is 5.88 Å². The molecular formula is C8H14N4O3S2. The average Bonchev–Trinajstić information content (AvgIpc) is 2.57. The Bertz CT molecular complexity index is 313. The van der Waals surface area contributed by atoms with Crippen molar-refractivity contribution < 1.29 is 14.4 Å². The summed E-state index contributed by atoms with van der Waals surface area (Å²) >= 11 is 0. The third kappa shape index (κ3) is 5.18. The molecule has 0 spiro atoms. The Morgan fingerprint density at radius 2 is 2.12 bits per heavy atom. The Labute approximate surface area is 107 Å². The molecule has 5 amide bonds. The van der Waals surface area contributed by atoms with Crippen molar-refractivity contribution in [3.05, 3.63) is 0 Å². The van der Waals surface area contributed by atoms with Gasteiger partial charge < -0.3 is 16.0 Å². The lowest BCUT2D eigenvalue weighted by Crippen LogP contribution is -2.35. The number of urea groups is 2. The molecule has 0 bridgehead atoms. The van der Waals surface area contributed by atoms with Crippen LogP contribution in [0.3, 0.4) is 0 Å². The molecule has 0 aliphatic carbocycles. The second-order valence-corrected chi connectivity index (χ2v) is 5.61. The van der Waals surface area contributed by atoms with Gasteiger partial charge in [0, 0.05) is 12.3 Å². The first kappa shape index (κ1) is 14.0. The fourth-order valence-electron chi connectivity index (χ4n) is 1.05. The number of rotatable bonds is 6. The predicted octanol–water partition coefficient (Wildman–Crippen LogP) is -0.148. The van der Waals surface area contributed by atoms with Crippen molar-refractivity contribution in [2.24, 2.45) is 0 Å². The fourth-order valence-corrected chi connectivity index (χ4v) is 2.92. The Morgan fingerprint density at radius 3 is 2.71 bits per heavy atom. The molecule has 0 radical (unpaired) electrons. The average molecular weight is 278 g/mol. The van der Waals surface area contributed by atoms with Crippen LogP contribution in [0.5, 0.6) is 0 Å². The van der Waals surface area contributed by atoms with Crippen molar-refractivity contribution in [3.8, 4) is 0 Å². The second kappa shape index (κ2) is 7.28. The largest absolute Gasteiger partial charge is 0.338 e. The Balaban J connectivity index is 2.03. The van der Waals surface area contributed by atoms with E-state index in [-0.39, 0.29) is 11.9 Å². The van der Waals surface area contributed by atoms with E-state index in [0.717, 1.165) is 0 Å². The molecule has 96 valence electrons. The van der Waals surface area contributed by atoms with Crippen LogP contribution in [-0.4, -0.2) is 42.2 Å². The maximum atomic E-state index is 11.1. The lowest BCUT2D eigenvalue weighted by Gasteiger charge is -2.07. The molecule has 0 saturated carbocycles. The number of hydrogen-bond acceptors (Lipinski definition) is 5. The zero-order valence-electron chi connectivity index (χ0n) is 9.24. The molecule has 1 fully saturated rings. The topological polar surface area (TPSA) is 99.3 Å². The van der Waals surface area contributed by atoms with E-state index in [9.17, 15) is 14.4 Å². The van der Waals surface area contributed by atoms with Crippen LogP contribution in [0.1, 0.15) is 6.92 Å². The van der Waals surface area contributed by atoms with Gasteiger partial charge in [-0.15, -0.1) is 0 Å². The zero-order valence-corrected chi connectivity index (χ0v) is 10.9. The summed E-state index contributed by atoms with van der Waals surface area (Å²) in [6, 6.07) is -1.15. The van der Waals surface area contributed by atoms with Crippen LogP contribution in [0.15, 0.2) is 0 Å². The second-order valence-electron chi connectivity index (χ2n) is 3.10. The van der Waals surface area contributed by atoms with Crippen molar-refractivity contribution >= 4 is 39.6 Å².